The summed E-state index contributed by atoms with van der Waals surface area (Å²) in [5.74, 6) is -3.16. The molecular weight excluding hydrogens is 484 g/mol. The Morgan fingerprint density at radius 3 is 2.35 bits per heavy atom. The van der Waals surface area contributed by atoms with Crippen LogP contribution in [0.1, 0.15) is 28.9 Å². The molecule has 1 amide bonds. The zero-order chi connectivity index (χ0) is 26.8. The molecule has 0 aliphatic rings. The average molecular weight is 508 g/mol. The summed E-state index contributed by atoms with van der Waals surface area (Å²) in [6, 6.07) is 8.75. The molecule has 0 bridgehead atoms. The predicted octanol–water partition coefficient (Wildman–Crippen LogP) is 0.970. The number of hydrogen-bond donors (Lipinski definition) is 7. The van der Waals surface area contributed by atoms with Crippen molar-refractivity contribution >= 4 is 40.6 Å². The number of nitrogens with two attached hydrogens (primary N) is 1. The fourth-order valence-corrected chi connectivity index (χ4v) is 3.03. The second kappa shape index (κ2) is 12.4. The SMILES string of the molecule is Nc1nc2ncc(CNc3ccc(C(=O)NC(CCC(=O)O)C(=O)O)cc3)nc2c(=O)[nH]1.c1cc[nH]c1. The van der Waals surface area contributed by atoms with Gasteiger partial charge in [-0.3, -0.25) is 19.4 Å². The summed E-state index contributed by atoms with van der Waals surface area (Å²) in [5.41, 5.74) is 6.47. The number of rotatable bonds is 9. The summed E-state index contributed by atoms with van der Waals surface area (Å²) in [6.07, 6.45) is 4.59. The first-order valence-corrected chi connectivity index (χ1v) is 10.9. The van der Waals surface area contributed by atoms with Crippen molar-refractivity contribution in [1.82, 2.24) is 30.2 Å². The number of anilines is 2. The van der Waals surface area contributed by atoms with Crippen LogP contribution in [0, 0.1) is 0 Å². The van der Waals surface area contributed by atoms with Crippen molar-refractivity contribution in [2.24, 2.45) is 0 Å². The van der Waals surface area contributed by atoms with Crippen molar-refractivity contribution in [3.8, 4) is 0 Å². The summed E-state index contributed by atoms with van der Waals surface area (Å²) >= 11 is 0. The summed E-state index contributed by atoms with van der Waals surface area (Å²) < 4.78 is 0. The zero-order valence-electron chi connectivity index (χ0n) is 19.3. The third-order valence-corrected chi connectivity index (χ3v) is 4.85. The Kier molecular flexibility index (Phi) is 8.85. The topological polar surface area (TPSA) is 229 Å². The Bertz CT molecular complexity index is 1400. The number of amides is 1. The molecule has 4 aromatic rings. The van der Waals surface area contributed by atoms with Gasteiger partial charge in [-0.1, -0.05) is 0 Å². The van der Waals surface area contributed by atoms with Crippen LogP contribution in [-0.2, 0) is 16.1 Å². The molecule has 0 saturated carbocycles. The Balaban J connectivity index is 0.000000678. The van der Waals surface area contributed by atoms with Gasteiger partial charge in [0, 0.05) is 30.1 Å². The molecular formula is C23H24N8O6. The van der Waals surface area contributed by atoms with E-state index in [1.54, 1.807) is 12.1 Å². The van der Waals surface area contributed by atoms with Gasteiger partial charge >= 0.3 is 11.9 Å². The van der Waals surface area contributed by atoms with Crippen LogP contribution in [0.4, 0.5) is 11.6 Å². The highest BCUT2D eigenvalue weighted by atomic mass is 16.4. The van der Waals surface area contributed by atoms with Crippen LogP contribution in [0.2, 0.25) is 0 Å². The molecule has 0 spiro atoms. The molecule has 0 aliphatic carbocycles. The van der Waals surface area contributed by atoms with Gasteiger partial charge in [-0.25, -0.2) is 14.8 Å². The number of H-pyrrole nitrogens is 2. The number of nitrogens with one attached hydrogen (secondary N) is 4. The Morgan fingerprint density at radius 1 is 1.05 bits per heavy atom. The van der Waals surface area contributed by atoms with Gasteiger partial charge in [0.2, 0.25) is 5.95 Å². The first-order chi connectivity index (χ1) is 17.7. The molecule has 3 heterocycles. The van der Waals surface area contributed by atoms with E-state index in [-0.39, 0.29) is 42.1 Å². The fourth-order valence-electron chi connectivity index (χ4n) is 3.03. The van der Waals surface area contributed by atoms with Crippen molar-refractivity contribution in [3.05, 3.63) is 76.6 Å². The zero-order valence-corrected chi connectivity index (χ0v) is 19.3. The van der Waals surface area contributed by atoms with Crippen molar-refractivity contribution in [2.45, 2.75) is 25.4 Å². The number of benzene rings is 1. The third kappa shape index (κ3) is 7.88. The highest BCUT2D eigenvalue weighted by molar-refractivity contribution is 5.96. The number of aromatic nitrogens is 5. The molecule has 0 radical (unpaired) electrons. The number of nitrogens with zero attached hydrogens (tertiary/aromatic N) is 3. The van der Waals surface area contributed by atoms with Crippen molar-refractivity contribution in [2.75, 3.05) is 11.1 Å². The van der Waals surface area contributed by atoms with Crippen LogP contribution in [0.25, 0.3) is 11.2 Å². The van der Waals surface area contributed by atoms with Crippen LogP contribution in [-0.4, -0.2) is 59.0 Å². The maximum Gasteiger partial charge on any atom is 0.326 e. The van der Waals surface area contributed by atoms with E-state index < -0.39 is 29.4 Å². The Hall–Kier alpha value is -5.27. The van der Waals surface area contributed by atoms with Crippen molar-refractivity contribution in [3.63, 3.8) is 0 Å². The van der Waals surface area contributed by atoms with E-state index in [1.807, 2.05) is 24.5 Å². The lowest BCUT2D eigenvalue weighted by Crippen LogP contribution is -2.41. The number of carboxylic acids is 2. The van der Waals surface area contributed by atoms with Crippen LogP contribution in [0.15, 0.2) is 59.8 Å². The molecule has 1 unspecified atom stereocenters. The first kappa shape index (κ1) is 26.3. The van der Waals surface area contributed by atoms with Gasteiger partial charge in [0.15, 0.2) is 11.2 Å². The average Bonchev–Trinajstić information content (AvgIpc) is 3.46. The molecule has 1 aromatic carbocycles. The Labute approximate surface area is 209 Å². The van der Waals surface area contributed by atoms with E-state index in [2.05, 4.69) is 35.6 Å². The molecule has 14 heteroatoms. The second-order valence-corrected chi connectivity index (χ2v) is 7.60. The normalized spacial score (nSPS) is 11.1. The number of aliphatic carboxylic acids is 2. The van der Waals surface area contributed by atoms with Gasteiger partial charge in [0.05, 0.1) is 18.4 Å². The van der Waals surface area contributed by atoms with Gasteiger partial charge in [-0.15, -0.1) is 0 Å². The summed E-state index contributed by atoms with van der Waals surface area (Å²) in [4.78, 5) is 63.4. The maximum absolute atomic E-state index is 12.3. The molecule has 0 saturated heterocycles. The molecule has 1 atom stereocenters. The summed E-state index contributed by atoms with van der Waals surface area (Å²) in [5, 5.41) is 23.2. The minimum Gasteiger partial charge on any atom is -0.481 e. The highest BCUT2D eigenvalue weighted by Crippen LogP contribution is 2.12. The van der Waals surface area contributed by atoms with E-state index in [1.165, 1.54) is 18.3 Å². The van der Waals surface area contributed by atoms with E-state index in [9.17, 15) is 19.2 Å². The van der Waals surface area contributed by atoms with Gasteiger partial charge in [0.1, 0.15) is 6.04 Å². The van der Waals surface area contributed by atoms with Crippen molar-refractivity contribution < 1.29 is 24.6 Å². The van der Waals surface area contributed by atoms with Crippen LogP contribution < -0.4 is 21.9 Å². The number of hydrogen-bond acceptors (Lipinski definition) is 9. The number of fused-ring (bicyclic) bond motifs is 1. The number of nitrogen functional groups attached to an aromatic ring is 1. The van der Waals surface area contributed by atoms with E-state index in [4.69, 9.17) is 15.9 Å². The Morgan fingerprint density at radius 2 is 1.76 bits per heavy atom. The quantitative estimate of drug-likeness (QED) is 0.168. The molecule has 8 N–H and O–H groups in total. The van der Waals surface area contributed by atoms with Crippen molar-refractivity contribution in [1.29, 1.82) is 0 Å². The lowest BCUT2D eigenvalue weighted by atomic mass is 10.1. The molecule has 3 aromatic heterocycles. The molecule has 0 fully saturated rings. The molecule has 37 heavy (non-hydrogen) atoms. The van der Waals surface area contributed by atoms with Crippen LogP contribution in [0.5, 0.6) is 0 Å². The van der Waals surface area contributed by atoms with Gasteiger partial charge in [-0.2, -0.15) is 4.98 Å². The minimum atomic E-state index is -1.31. The first-order valence-electron chi connectivity index (χ1n) is 10.9. The largest absolute Gasteiger partial charge is 0.481 e. The summed E-state index contributed by atoms with van der Waals surface area (Å²) in [7, 11) is 0. The van der Waals surface area contributed by atoms with Crippen LogP contribution >= 0.6 is 0 Å². The number of carbonyl (C=O) groups excluding carboxylic acids is 1. The van der Waals surface area contributed by atoms with Gasteiger partial charge in [-0.05, 0) is 42.8 Å². The monoisotopic (exact) mass is 508 g/mol. The highest BCUT2D eigenvalue weighted by Gasteiger charge is 2.21. The minimum absolute atomic E-state index is 0.0524. The lowest BCUT2D eigenvalue weighted by molar-refractivity contribution is -0.140. The van der Waals surface area contributed by atoms with E-state index >= 15 is 0 Å². The molecule has 192 valence electrons. The smallest absolute Gasteiger partial charge is 0.326 e. The number of aromatic amines is 2. The molecule has 14 nitrogen and oxygen atoms in total. The van der Waals surface area contributed by atoms with Crippen LogP contribution in [0.3, 0.4) is 0 Å². The standard InChI is InChI=1S/C19H19N7O6.C4H5N/c20-19-25-15-14(17(30)26-19)23-11(8-22-15)7-21-10-3-1-9(2-4-10)16(29)24-12(18(31)32)5-6-13(27)28;1-2-4-5-3-1/h1-4,8,12,21H,5-7H2,(H,24,29)(H,27,28)(H,31,32)(H3,20,22,25,26,30);1-5H. The second-order valence-electron chi connectivity index (χ2n) is 7.60. The maximum atomic E-state index is 12.3. The molecule has 0 aliphatic heterocycles. The van der Waals surface area contributed by atoms with Gasteiger partial charge in [0.25, 0.3) is 11.5 Å². The number of carbonyl (C=O) groups is 3. The van der Waals surface area contributed by atoms with E-state index in [0.29, 0.717) is 11.4 Å². The summed E-state index contributed by atoms with van der Waals surface area (Å²) in [6.45, 7) is 0.231. The van der Waals surface area contributed by atoms with E-state index in [0.717, 1.165) is 0 Å². The fraction of sp³-hybridized carbons (Fsp3) is 0.174. The predicted molar refractivity (Wildman–Crippen MR) is 133 cm³/mol. The van der Waals surface area contributed by atoms with Gasteiger partial charge < -0.3 is 31.6 Å². The molecule has 4 rings (SSSR count). The number of carboxylic acid groups (broad SMARTS) is 2. The lowest BCUT2D eigenvalue weighted by Gasteiger charge is -2.14. The third-order valence-electron chi connectivity index (χ3n) is 4.85.